The Morgan fingerprint density at radius 3 is 2.86 bits per heavy atom. The molecule has 0 saturated carbocycles. The minimum Gasteiger partial charge on any atom is -0.334 e. The Balaban J connectivity index is 1.34. The molecule has 2 aromatic rings. The van der Waals surface area contributed by atoms with Crippen molar-refractivity contribution < 1.29 is 9.18 Å². The molecule has 2 aliphatic rings. The summed E-state index contributed by atoms with van der Waals surface area (Å²) in [5.41, 5.74) is 2.37. The number of nitrogens with zero attached hydrogens (tertiary/aromatic N) is 5. The molecule has 0 radical (unpaired) electrons. The lowest BCUT2D eigenvalue weighted by atomic mass is 10.0. The average molecular weight is 396 g/mol. The Labute approximate surface area is 169 Å². The molecule has 0 bridgehead atoms. The van der Waals surface area contributed by atoms with Crippen molar-refractivity contribution in [1.29, 1.82) is 5.26 Å². The van der Waals surface area contributed by atoms with Crippen LogP contribution in [0.1, 0.15) is 36.2 Å². The standard InChI is InChI=1S/C21H25FN6O/c22-17-6-4-16(5-7-17)13-26-8-1-3-18(14-26)24-21(29)27-9-2-10-28-20(15-27)11-19(12-23)25-28/h4-7,11,18H,1-3,8-10,13-15H2,(H,24,29)/t18-/m1/s1. The van der Waals surface area contributed by atoms with Crippen molar-refractivity contribution in [2.45, 2.75) is 44.9 Å². The molecule has 1 atom stereocenters. The van der Waals surface area contributed by atoms with Crippen molar-refractivity contribution in [3.63, 3.8) is 0 Å². The Hall–Kier alpha value is -2.92. The van der Waals surface area contributed by atoms with Crippen LogP contribution in [-0.2, 0) is 19.6 Å². The Kier molecular flexibility index (Phi) is 5.76. The zero-order chi connectivity index (χ0) is 20.2. The summed E-state index contributed by atoms with van der Waals surface area (Å²) < 4.78 is 14.9. The molecule has 1 aromatic carbocycles. The van der Waals surface area contributed by atoms with Crippen LogP contribution in [0, 0.1) is 17.1 Å². The normalized spacial score (nSPS) is 19.9. The fraction of sp³-hybridized carbons (Fsp3) is 0.476. The Morgan fingerprint density at radius 1 is 1.24 bits per heavy atom. The first-order valence-corrected chi connectivity index (χ1v) is 10.1. The number of hydrogen-bond donors (Lipinski definition) is 1. The smallest absolute Gasteiger partial charge is 0.318 e. The van der Waals surface area contributed by atoms with Gasteiger partial charge in [0.1, 0.15) is 11.9 Å². The molecule has 3 heterocycles. The van der Waals surface area contributed by atoms with Gasteiger partial charge in [0.05, 0.1) is 12.2 Å². The zero-order valence-corrected chi connectivity index (χ0v) is 16.4. The van der Waals surface area contributed by atoms with Gasteiger partial charge in [-0.25, -0.2) is 9.18 Å². The molecular weight excluding hydrogens is 371 g/mol. The monoisotopic (exact) mass is 396 g/mol. The van der Waals surface area contributed by atoms with E-state index in [0.717, 1.165) is 56.7 Å². The van der Waals surface area contributed by atoms with E-state index < -0.39 is 0 Å². The van der Waals surface area contributed by atoms with Gasteiger partial charge in [0.15, 0.2) is 5.69 Å². The third-order valence-corrected chi connectivity index (χ3v) is 5.57. The molecule has 7 nitrogen and oxygen atoms in total. The number of likely N-dealkylation sites (tertiary alicyclic amines) is 1. The summed E-state index contributed by atoms with van der Waals surface area (Å²) in [6, 6.07) is 10.5. The van der Waals surface area contributed by atoms with Crippen molar-refractivity contribution in [1.82, 2.24) is 24.9 Å². The van der Waals surface area contributed by atoms with E-state index >= 15 is 0 Å². The SMILES string of the molecule is N#Cc1cc2n(n1)CCCN(C(=O)N[C@@H]1CCCN(Cc3ccc(F)cc3)C1)C2. The number of benzene rings is 1. The van der Waals surface area contributed by atoms with E-state index in [4.69, 9.17) is 5.26 Å². The Bertz CT molecular complexity index is 903. The average Bonchev–Trinajstić information content (AvgIpc) is 3.00. The maximum atomic E-state index is 13.1. The second kappa shape index (κ2) is 8.62. The molecule has 1 N–H and O–H groups in total. The van der Waals surface area contributed by atoms with E-state index in [9.17, 15) is 9.18 Å². The lowest BCUT2D eigenvalue weighted by Crippen LogP contribution is -2.51. The molecule has 152 valence electrons. The van der Waals surface area contributed by atoms with E-state index in [1.807, 2.05) is 16.8 Å². The van der Waals surface area contributed by atoms with Crippen LogP contribution in [0.4, 0.5) is 9.18 Å². The second-order valence-corrected chi connectivity index (χ2v) is 7.78. The number of aryl methyl sites for hydroxylation is 1. The van der Waals surface area contributed by atoms with Crippen molar-refractivity contribution in [3.05, 3.63) is 53.1 Å². The summed E-state index contributed by atoms with van der Waals surface area (Å²) >= 11 is 0. The number of urea groups is 1. The first-order chi connectivity index (χ1) is 14.1. The van der Waals surface area contributed by atoms with Crippen molar-refractivity contribution >= 4 is 6.03 Å². The van der Waals surface area contributed by atoms with Gasteiger partial charge in [0.2, 0.25) is 0 Å². The van der Waals surface area contributed by atoms with Gasteiger partial charge in [0.25, 0.3) is 0 Å². The van der Waals surface area contributed by atoms with Crippen LogP contribution < -0.4 is 5.32 Å². The van der Waals surface area contributed by atoms with E-state index in [1.165, 1.54) is 12.1 Å². The number of carbonyl (C=O) groups is 1. The minimum atomic E-state index is -0.224. The number of aromatic nitrogens is 2. The molecular formula is C21H25FN6O. The molecule has 29 heavy (non-hydrogen) atoms. The summed E-state index contributed by atoms with van der Waals surface area (Å²) in [6.07, 6.45) is 2.79. The van der Waals surface area contributed by atoms with Crippen molar-refractivity contribution in [2.75, 3.05) is 19.6 Å². The van der Waals surface area contributed by atoms with E-state index in [2.05, 4.69) is 21.4 Å². The molecule has 4 rings (SSSR count). The number of amides is 2. The molecule has 2 aliphatic heterocycles. The van der Waals surface area contributed by atoms with Crippen LogP contribution in [0.25, 0.3) is 0 Å². The summed E-state index contributed by atoms with van der Waals surface area (Å²) in [5.74, 6) is -0.224. The fourth-order valence-electron chi connectivity index (χ4n) is 4.12. The van der Waals surface area contributed by atoms with Crippen LogP contribution >= 0.6 is 0 Å². The van der Waals surface area contributed by atoms with Crippen LogP contribution in [0.2, 0.25) is 0 Å². The van der Waals surface area contributed by atoms with Crippen LogP contribution in [0.15, 0.2) is 30.3 Å². The zero-order valence-electron chi connectivity index (χ0n) is 16.4. The van der Waals surface area contributed by atoms with Crippen molar-refractivity contribution in [2.24, 2.45) is 0 Å². The second-order valence-electron chi connectivity index (χ2n) is 7.78. The van der Waals surface area contributed by atoms with Crippen LogP contribution in [0.5, 0.6) is 0 Å². The highest BCUT2D eigenvalue weighted by molar-refractivity contribution is 5.74. The molecule has 1 saturated heterocycles. The number of carbonyl (C=O) groups excluding carboxylic acids is 1. The number of rotatable bonds is 3. The lowest BCUT2D eigenvalue weighted by molar-refractivity contribution is 0.162. The number of fused-ring (bicyclic) bond motifs is 1. The first kappa shape index (κ1) is 19.4. The quantitative estimate of drug-likeness (QED) is 0.865. The van der Waals surface area contributed by atoms with Crippen LogP contribution in [0.3, 0.4) is 0 Å². The molecule has 1 fully saturated rings. The highest BCUT2D eigenvalue weighted by Gasteiger charge is 2.25. The van der Waals surface area contributed by atoms with Gasteiger partial charge >= 0.3 is 6.03 Å². The van der Waals surface area contributed by atoms with Gasteiger partial charge in [-0.2, -0.15) is 10.4 Å². The van der Waals surface area contributed by atoms with Crippen molar-refractivity contribution in [3.8, 4) is 6.07 Å². The first-order valence-electron chi connectivity index (χ1n) is 10.1. The highest BCUT2D eigenvalue weighted by Crippen LogP contribution is 2.17. The Morgan fingerprint density at radius 2 is 2.07 bits per heavy atom. The van der Waals surface area contributed by atoms with Crippen LogP contribution in [-0.4, -0.2) is 51.3 Å². The van der Waals surface area contributed by atoms with Gasteiger partial charge in [-0.1, -0.05) is 12.1 Å². The number of nitrogens with one attached hydrogen (secondary N) is 1. The maximum absolute atomic E-state index is 13.1. The molecule has 8 heteroatoms. The number of hydrogen-bond acceptors (Lipinski definition) is 4. The van der Waals surface area contributed by atoms with Gasteiger partial charge < -0.3 is 10.2 Å². The predicted octanol–water partition coefficient (Wildman–Crippen LogP) is 2.47. The minimum absolute atomic E-state index is 0.0632. The summed E-state index contributed by atoms with van der Waals surface area (Å²) in [7, 11) is 0. The lowest BCUT2D eigenvalue weighted by Gasteiger charge is -2.34. The van der Waals surface area contributed by atoms with Gasteiger partial charge in [0, 0.05) is 32.2 Å². The third kappa shape index (κ3) is 4.74. The summed E-state index contributed by atoms with van der Waals surface area (Å²) in [5, 5.41) is 16.5. The van der Waals surface area contributed by atoms with E-state index in [-0.39, 0.29) is 17.9 Å². The fourth-order valence-corrected chi connectivity index (χ4v) is 4.12. The number of nitriles is 1. The maximum Gasteiger partial charge on any atom is 0.318 e. The molecule has 0 aliphatic carbocycles. The van der Waals surface area contributed by atoms with E-state index in [1.54, 1.807) is 11.0 Å². The van der Waals surface area contributed by atoms with Gasteiger partial charge in [-0.3, -0.25) is 9.58 Å². The number of piperidine rings is 1. The van der Waals surface area contributed by atoms with E-state index in [0.29, 0.717) is 18.8 Å². The largest absolute Gasteiger partial charge is 0.334 e. The van der Waals surface area contributed by atoms with Gasteiger partial charge in [-0.05, 0) is 49.6 Å². The molecule has 2 amide bonds. The topological polar surface area (TPSA) is 77.2 Å². The molecule has 0 spiro atoms. The highest BCUT2D eigenvalue weighted by atomic mass is 19.1. The van der Waals surface area contributed by atoms with Gasteiger partial charge in [-0.15, -0.1) is 0 Å². The molecule has 1 aromatic heterocycles. The molecule has 0 unspecified atom stereocenters. The number of halogens is 1. The summed E-state index contributed by atoms with van der Waals surface area (Å²) in [6.45, 7) is 4.37. The third-order valence-electron chi connectivity index (χ3n) is 5.57. The predicted molar refractivity (Wildman–Crippen MR) is 105 cm³/mol. The summed E-state index contributed by atoms with van der Waals surface area (Å²) in [4.78, 5) is 17.0.